The summed E-state index contributed by atoms with van der Waals surface area (Å²) in [5.74, 6) is -0.517. The van der Waals surface area contributed by atoms with Crippen LogP contribution in [0.5, 0.6) is 5.75 Å². The third-order valence-corrected chi connectivity index (χ3v) is 4.00. The summed E-state index contributed by atoms with van der Waals surface area (Å²) in [6, 6.07) is 2.61. The summed E-state index contributed by atoms with van der Waals surface area (Å²) in [5.41, 5.74) is 0.121. The van der Waals surface area contributed by atoms with Gasteiger partial charge in [0, 0.05) is 39.2 Å². The molecule has 7 heteroatoms. The number of carbonyl (C=O) groups is 2. The fourth-order valence-electron chi connectivity index (χ4n) is 2.10. The van der Waals surface area contributed by atoms with Gasteiger partial charge in [-0.05, 0) is 6.07 Å². The van der Waals surface area contributed by atoms with Crippen molar-refractivity contribution in [1.82, 2.24) is 9.80 Å². The number of phenolic OH excluding ortho intramolecular Hbond substituents is 1. The van der Waals surface area contributed by atoms with Gasteiger partial charge in [-0.3, -0.25) is 9.59 Å². The zero-order valence-corrected chi connectivity index (χ0v) is 12.4. The minimum Gasteiger partial charge on any atom is -0.507 e. The van der Waals surface area contributed by atoms with E-state index in [0.29, 0.717) is 26.2 Å². The number of aromatic hydroxyl groups is 1. The van der Waals surface area contributed by atoms with E-state index in [2.05, 4.69) is 0 Å². The molecule has 1 aliphatic rings. The molecule has 5 nitrogen and oxygen atoms in total. The van der Waals surface area contributed by atoms with E-state index in [1.54, 1.807) is 9.80 Å². The third kappa shape index (κ3) is 2.99. The van der Waals surface area contributed by atoms with Crippen LogP contribution in [0.15, 0.2) is 12.1 Å². The molecule has 0 atom stereocenters. The van der Waals surface area contributed by atoms with Crippen molar-refractivity contribution >= 4 is 35.0 Å². The van der Waals surface area contributed by atoms with Crippen molar-refractivity contribution in [3.63, 3.8) is 0 Å². The van der Waals surface area contributed by atoms with Crippen LogP contribution in [0.1, 0.15) is 17.3 Å². The van der Waals surface area contributed by atoms with E-state index < -0.39 is 0 Å². The molecule has 1 aromatic carbocycles. The second kappa shape index (κ2) is 5.89. The summed E-state index contributed by atoms with van der Waals surface area (Å²) in [4.78, 5) is 26.8. The van der Waals surface area contributed by atoms with Crippen molar-refractivity contribution in [3.05, 3.63) is 27.7 Å². The monoisotopic (exact) mass is 316 g/mol. The molecular formula is C13H14Cl2N2O3. The van der Waals surface area contributed by atoms with E-state index in [-0.39, 0.29) is 33.2 Å². The Morgan fingerprint density at radius 1 is 1.05 bits per heavy atom. The largest absolute Gasteiger partial charge is 0.507 e. The molecular weight excluding hydrogens is 303 g/mol. The predicted molar refractivity (Wildman–Crippen MR) is 76.3 cm³/mol. The van der Waals surface area contributed by atoms with Crippen LogP contribution in [0, 0.1) is 0 Å². The summed E-state index contributed by atoms with van der Waals surface area (Å²) < 4.78 is 0. The Hall–Kier alpha value is -1.46. The van der Waals surface area contributed by atoms with Crippen molar-refractivity contribution in [2.24, 2.45) is 0 Å². The van der Waals surface area contributed by atoms with Crippen LogP contribution in [-0.2, 0) is 4.79 Å². The molecule has 2 rings (SSSR count). The summed E-state index contributed by atoms with van der Waals surface area (Å²) >= 11 is 11.6. The number of hydrogen-bond acceptors (Lipinski definition) is 3. The van der Waals surface area contributed by atoms with Gasteiger partial charge in [0.2, 0.25) is 5.91 Å². The van der Waals surface area contributed by atoms with Gasteiger partial charge in [-0.1, -0.05) is 23.2 Å². The van der Waals surface area contributed by atoms with Crippen LogP contribution >= 0.6 is 23.2 Å². The molecule has 1 saturated heterocycles. The topological polar surface area (TPSA) is 60.9 Å². The zero-order chi connectivity index (χ0) is 14.9. The lowest BCUT2D eigenvalue weighted by Gasteiger charge is -2.34. The first-order valence-electron chi connectivity index (χ1n) is 6.13. The molecule has 0 aliphatic carbocycles. The Morgan fingerprint density at radius 2 is 1.55 bits per heavy atom. The van der Waals surface area contributed by atoms with E-state index in [4.69, 9.17) is 23.2 Å². The van der Waals surface area contributed by atoms with Gasteiger partial charge in [0.15, 0.2) is 0 Å². The van der Waals surface area contributed by atoms with Gasteiger partial charge in [0.1, 0.15) is 5.75 Å². The van der Waals surface area contributed by atoms with E-state index >= 15 is 0 Å². The van der Waals surface area contributed by atoms with Crippen LogP contribution < -0.4 is 0 Å². The number of phenols is 1. The summed E-state index contributed by atoms with van der Waals surface area (Å²) in [7, 11) is 0. The molecule has 0 spiro atoms. The molecule has 0 radical (unpaired) electrons. The molecule has 0 bridgehead atoms. The normalized spacial score (nSPS) is 15.3. The molecule has 2 amide bonds. The smallest absolute Gasteiger partial charge is 0.257 e. The minimum atomic E-state index is -0.315. The van der Waals surface area contributed by atoms with Crippen LogP contribution in [-0.4, -0.2) is 52.9 Å². The van der Waals surface area contributed by atoms with E-state index in [1.807, 2.05) is 0 Å². The van der Waals surface area contributed by atoms with Gasteiger partial charge in [-0.25, -0.2) is 0 Å². The molecule has 0 aromatic heterocycles. The lowest BCUT2D eigenvalue weighted by Crippen LogP contribution is -2.50. The maximum absolute atomic E-state index is 12.3. The Labute approximate surface area is 126 Å². The Kier molecular flexibility index (Phi) is 4.40. The molecule has 1 fully saturated rings. The van der Waals surface area contributed by atoms with Crippen molar-refractivity contribution in [1.29, 1.82) is 0 Å². The number of piperazine rings is 1. The van der Waals surface area contributed by atoms with Crippen molar-refractivity contribution in [3.8, 4) is 5.75 Å². The molecule has 108 valence electrons. The minimum absolute atomic E-state index is 0.00511. The first-order valence-corrected chi connectivity index (χ1v) is 6.88. The van der Waals surface area contributed by atoms with Gasteiger partial charge in [0.05, 0.1) is 15.6 Å². The molecule has 1 aromatic rings. The average molecular weight is 317 g/mol. The highest BCUT2D eigenvalue weighted by Crippen LogP contribution is 2.30. The molecule has 0 unspecified atom stereocenters. The second-order valence-corrected chi connectivity index (χ2v) is 5.40. The number of carbonyl (C=O) groups excluding carboxylic acids is 2. The lowest BCUT2D eigenvalue weighted by molar-refractivity contribution is -0.130. The van der Waals surface area contributed by atoms with Crippen molar-refractivity contribution in [2.75, 3.05) is 26.2 Å². The van der Waals surface area contributed by atoms with Gasteiger partial charge in [-0.2, -0.15) is 0 Å². The van der Waals surface area contributed by atoms with Gasteiger partial charge >= 0.3 is 0 Å². The molecule has 1 N–H and O–H groups in total. The van der Waals surface area contributed by atoms with E-state index in [1.165, 1.54) is 19.1 Å². The first-order chi connectivity index (χ1) is 9.40. The molecule has 0 saturated carbocycles. The molecule has 1 aliphatic heterocycles. The fourth-order valence-corrected chi connectivity index (χ4v) is 2.42. The highest BCUT2D eigenvalue weighted by Gasteiger charge is 2.25. The van der Waals surface area contributed by atoms with Crippen LogP contribution in [0.2, 0.25) is 10.0 Å². The predicted octanol–water partition coefficient (Wildman–Crippen LogP) is 2.00. The fraction of sp³-hybridized carbons (Fsp3) is 0.385. The number of rotatable bonds is 1. The molecule has 20 heavy (non-hydrogen) atoms. The second-order valence-electron chi connectivity index (χ2n) is 4.58. The standard InChI is InChI=1S/C13H14Cl2N2O3/c1-8(18)16-2-4-17(5-3-16)13(20)9-6-10(14)11(15)7-12(9)19/h6-7,19H,2-5H2,1H3. The summed E-state index contributed by atoms with van der Waals surface area (Å²) in [6.45, 7) is 3.34. The first kappa shape index (κ1) is 14.9. The Bertz CT molecular complexity index is 555. The van der Waals surface area contributed by atoms with E-state index in [9.17, 15) is 14.7 Å². The Balaban J connectivity index is 2.13. The highest BCUT2D eigenvalue weighted by molar-refractivity contribution is 6.42. The quantitative estimate of drug-likeness (QED) is 0.862. The van der Waals surface area contributed by atoms with Crippen LogP contribution in [0.4, 0.5) is 0 Å². The number of hydrogen-bond donors (Lipinski definition) is 1. The van der Waals surface area contributed by atoms with Crippen molar-refractivity contribution in [2.45, 2.75) is 6.92 Å². The van der Waals surface area contributed by atoms with Gasteiger partial charge in [-0.15, -0.1) is 0 Å². The van der Waals surface area contributed by atoms with Crippen LogP contribution in [0.3, 0.4) is 0 Å². The van der Waals surface area contributed by atoms with Gasteiger partial charge in [0.25, 0.3) is 5.91 Å². The maximum Gasteiger partial charge on any atom is 0.257 e. The van der Waals surface area contributed by atoms with E-state index in [0.717, 1.165) is 0 Å². The van der Waals surface area contributed by atoms with Gasteiger partial charge < -0.3 is 14.9 Å². The number of nitrogens with zero attached hydrogens (tertiary/aromatic N) is 2. The lowest BCUT2D eigenvalue weighted by atomic mass is 10.1. The number of amides is 2. The summed E-state index contributed by atoms with van der Waals surface area (Å²) in [5, 5.41) is 10.2. The summed E-state index contributed by atoms with van der Waals surface area (Å²) in [6.07, 6.45) is 0. The van der Waals surface area contributed by atoms with Crippen LogP contribution in [0.25, 0.3) is 0 Å². The number of halogens is 2. The molecule has 1 heterocycles. The Morgan fingerprint density at radius 3 is 2.10 bits per heavy atom. The maximum atomic E-state index is 12.3. The third-order valence-electron chi connectivity index (χ3n) is 3.28. The highest BCUT2D eigenvalue weighted by atomic mass is 35.5. The SMILES string of the molecule is CC(=O)N1CCN(C(=O)c2cc(Cl)c(Cl)cc2O)CC1. The zero-order valence-electron chi connectivity index (χ0n) is 10.9. The number of benzene rings is 1. The average Bonchev–Trinajstić information content (AvgIpc) is 2.42. The van der Waals surface area contributed by atoms with Crippen molar-refractivity contribution < 1.29 is 14.7 Å².